The number of ether oxygens (including phenoxy) is 1. The lowest BCUT2D eigenvalue weighted by Crippen LogP contribution is -2.50. The average molecular weight is 485 g/mol. The van der Waals surface area contributed by atoms with Crippen LogP contribution in [0.3, 0.4) is 0 Å². The number of aromatic nitrogens is 2. The molecule has 1 fully saturated rings. The second kappa shape index (κ2) is 10.3. The van der Waals surface area contributed by atoms with Crippen LogP contribution in [0.15, 0.2) is 53.3 Å². The summed E-state index contributed by atoms with van der Waals surface area (Å²) in [6.07, 6.45) is 0.961. The van der Waals surface area contributed by atoms with Gasteiger partial charge in [-0.25, -0.2) is 5.10 Å². The van der Waals surface area contributed by atoms with Crippen LogP contribution in [0.25, 0.3) is 10.8 Å². The molecule has 1 aliphatic rings. The first-order valence-corrected chi connectivity index (χ1v) is 10.8. The smallest absolute Gasteiger partial charge is 0.387 e. The predicted octanol–water partition coefficient (Wildman–Crippen LogP) is 1.84. The molecule has 1 aromatic heterocycles. The number of carbonyl (C=O) groups is 3. The monoisotopic (exact) mass is 485 g/mol. The third-order valence-corrected chi connectivity index (χ3v) is 5.62. The highest BCUT2D eigenvalue weighted by Gasteiger charge is 2.30. The van der Waals surface area contributed by atoms with Crippen LogP contribution in [0.4, 0.5) is 8.78 Å². The van der Waals surface area contributed by atoms with Gasteiger partial charge in [-0.05, 0) is 31.0 Å². The molecular formula is C23H21F2N5O5. The van der Waals surface area contributed by atoms with E-state index in [1.165, 1.54) is 29.2 Å². The number of nitrogens with zero attached hydrogens (tertiary/aromatic N) is 2. The Balaban J connectivity index is 1.41. The first-order chi connectivity index (χ1) is 16.8. The molecule has 12 heteroatoms. The van der Waals surface area contributed by atoms with Gasteiger partial charge in [-0.15, -0.1) is 0 Å². The minimum atomic E-state index is -3.08. The number of hydrazine groups is 1. The molecule has 1 unspecified atom stereocenters. The third-order valence-electron chi connectivity index (χ3n) is 5.62. The van der Waals surface area contributed by atoms with Gasteiger partial charge in [-0.1, -0.05) is 30.3 Å². The van der Waals surface area contributed by atoms with Gasteiger partial charge < -0.3 is 9.64 Å². The van der Waals surface area contributed by atoms with Gasteiger partial charge in [0.05, 0.1) is 16.9 Å². The number of amides is 3. The largest absolute Gasteiger partial charge is 0.434 e. The number of fused-ring (bicyclic) bond motifs is 1. The fourth-order valence-corrected chi connectivity index (χ4v) is 3.96. The molecule has 182 valence electrons. The SMILES string of the molecule is O=C(NNC(=O)C1CCCN(C(=O)c2ccccc2OC(F)F)C1)c1n[nH]c(=O)c2ccccc12. The van der Waals surface area contributed by atoms with Gasteiger partial charge in [0, 0.05) is 18.5 Å². The molecule has 10 nitrogen and oxygen atoms in total. The molecule has 1 atom stereocenters. The number of piperidine rings is 1. The van der Waals surface area contributed by atoms with E-state index in [0.29, 0.717) is 24.8 Å². The lowest BCUT2D eigenvalue weighted by Gasteiger charge is -2.32. The molecule has 0 spiro atoms. The van der Waals surface area contributed by atoms with Crippen molar-refractivity contribution in [2.75, 3.05) is 13.1 Å². The average Bonchev–Trinajstić information content (AvgIpc) is 2.87. The van der Waals surface area contributed by atoms with Gasteiger partial charge in [0.2, 0.25) is 5.91 Å². The Kier molecular flexibility index (Phi) is 6.99. The maximum atomic E-state index is 12.9. The quantitative estimate of drug-likeness (QED) is 0.473. The van der Waals surface area contributed by atoms with Gasteiger partial charge in [0.25, 0.3) is 17.4 Å². The van der Waals surface area contributed by atoms with E-state index in [1.54, 1.807) is 24.3 Å². The molecule has 0 radical (unpaired) electrons. The molecule has 1 saturated heterocycles. The van der Waals surface area contributed by atoms with Crippen molar-refractivity contribution in [2.45, 2.75) is 19.5 Å². The zero-order chi connectivity index (χ0) is 24.9. The second-order valence-corrected chi connectivity index (χ2v) is 7.86. The van der Waals surface area contributed by atoms with E-state index in [9.17, 15) is 28.0 Å². The van der Waals surface area contributed by atoms with Gasteiger partial charge in [-0.2, -0.15) is 13.9 Å². The van der Waals surface area contributed by atoms with Crippen LogP contribution < -0.4 is 21.1 Å². The molecule has 3 amide bonds. The van der Waals surface area contributed by atoms with Gasteiger partial charge in [0.15, 0.2) is 5.69 Å². The summed E-state index contributed by atoms with van der Waals surface area (Å²) in [5.74, 6) is -2.68. The summed E-state index contributed by atoms with van der Waals surface area (Å²) in [4.78, 5) is 51.5. The number of hydrogen-bond acceptors (Lipinski definition) is 6. The summed E-state index contributed by atoms with van der Waals surface area (Å²) in [7, 11) is 0. The molecule has 0 saturated carbocycles. The molecule has 35 heavy (non-hydrogen) atoms. The van der Waals surface area contributed by atoms with E-state index in [4.69, 9.17) is 0 Å². The molecule has 1 aliphatic heterocycles. The molecule has 4 rings (SSSR count). The molecule has 2 aromatic carbocycles. The standard InChI is InChI=1S/C23H21F2N5O5/c24-23(25)35-17-10-4-3-9-16(17)22(34)30-11-5-6-13(12-30)19(31)27-29-21(33)18-14-7-1-2-8-15(14)20(32)28-26-18/h1-4,7-10,13,23H,5-6,11-12H2,(H,27,31)(H,28,32)(H,29,33). The van der Waals surface area contributed by atoms with Crippen molar-refractivity contribution in [2.24, 2.45) is 5.92 Å². The van der Waals surface area contributed by atoms with Crippen molar-refractivity contribution in [1.29, 1.82) is 0 Å². The van der Waals surface area contributed by atoms with Crippen molar-refractivity contribution in [1.82, 2.24) is 25.9 Å². The van der Waals surface area contributed by atoms with Gasteiger partial charge >= 0.3 is 6.61 Å². The lowest BCUT2D eigenvalue weighted by molar-refractivity contribution is -0.127. The molecular weight excluding hydrogens is 464 g/mol. The summed E-state index contributed by atoms with van der Waals surface area (Å²) in [6.45, 7) is -2.71. The Hall–Kier alpha value is -4.35. The van der Waals surface area contributed by atoms with Crippen molar-refractivity contribution in [3.05, 3.63) is 70.1 Å². The molecule has 0 aliphatic carbocycles. The van der Waals surface area contributed by atoms with Crippen LogP contribution in [-0.2, 0) is 4.79 Å². The number of rotatable bonds is 5. The van der Waals surface area contributed by atoms with E-state index in [-0.39, 0.29) is 28.9 Å². The van der Waals surface area contributed by atoms with Crippen molar-refractivity contribution in [3.63, 3.8) is 0 Å². The fraction of sp³-hybridized carbons (Fsp3) is 0.261. The number of aromatic amines is 1. The minimum absolute atomic E-state index is 0.0295. The van der Waals surface area contributed by atoms with Crippen molar-refractivity contribution >= 4 is 28.5 Å². The number of carbonyl (C=O) groups excluding carboxylic acids is 3. The number of alkyl halides is 2. The Morgan fingerprint density at radius 1 is 1.06 bits per heavy atom. The Bertz CT molecular complexity index is 1330. The maximum Gasteiger partial charge on any atom is 0.387 e. The first kappa shape index (κ1) is 23.8. The van der Waals surface area contributed by atoms with E-state index < -0.39 is 35.8 Å². The maximum absolute atomic E-state index is 12.9. The minimum Gasteiger partial charge on any atom is -0.434 e. The van der Waals surface area contributed by atoms with Crippen LogP contribution in [0.2, 0.25) is 0 Å². The summed E-state index contributed by atoms with van der Waals surface area (Å²) < 4.78 is 29.8. The second-order valence-electron chi connectivity index (χ2n) is 7.86. The van der Waals surface area contributed by atoms with E-state index >= 15 is 0 Å². The zero-order valence-corrected chi connectivity index (χ0v) is 18.3. The number of likely N-dealkylation sites (tertiary alicyclic amines) is 1. The highest BCUT2D eigenvalue weighted by atomic mass is 19.3. The summed E-state index contributed by atoms with van der Waals surface area (Å²) in [5, 5.41) is 6.62. The Morgan fingerprint density at radius 2 is 1.77 bits per heavy atom. The van der Waals surface area contributed by atoms with Crippen LogP contribution in [0, 0.1) is 5.92 Å². The van der Waals surface area contributed by atoms with E-state index in [2.05, 4.69) is 25.8 Å². The number of halogens is 2. The zero-order valence-electron chi connectivity index (χ0n) is 18.3. The number of benzene rings is 2. The third kappa shape index (κ3) is 5.26. The van der Waals surface area contributed by atoms with Crippen molar-refractivity contribution < 1.29 is 27.9 Å². The molecule has 3 N–H and O–H groups in total. The van der Waals surface area contributed by atoms with Crippen LogP contribution in [-0.4, -0.2) is 52.5 Å². The lowest BCUT2D eigenvalue weighted by atomic mass is 9.96. The highest BCUT2D eigenvalue weighted by Crippen LogP contribution is 2.25. The van der Waals surface area contributed by atoms with Crippen LogP contribution in [0.5, 0.6) is 5.75 Å². The summed E-state index contributed by atoms with van der Waals surface area (Å²) >= 11 is 0. The summed E-state index contributed by atoms with van der Waals surface area (Å²) in [6, 6.07) is 12.1. The molecule has 3 aromatic rings. The summed E-state index contributed by atoms with van der Waals surface area (Å²) in [5.41, 5.74) is 4.07. The predicted molar refractivity (Wildman–Crippen MR) is 120 cm³/mol. The van der Waals surface area contributed by atoms with Gasteiger partial charge in [0.1, 0.15) is 5.75 Å². The fourth-order valence-electron chi connectivity index (χ4n) is 3.96. The van der Waals surface area contributed by atoms with Crippen LogP contribution in [0.1, 0.15) is 33.7 Å². The Labute approximate surface area is 197 Å². The van der Waals surface area contributed by atoms with Crippen LogP contribution >= 0.6 is 0 Å². The first-order valence-electron chi connectivity index (χ1n) is 10.8. The molecule has 0 bridgehead atoms. The number of H-pyrrole nitrogens is 1. The Morgan fingerprint density at radius 3 is 2.54 bits per heavy atom. The molecule has 2 heterocycles. The highest BCUT2D eigenvalue weighted by molar-refractivity contribution is 6.05. The van der Waals surface area contributed by atoms with Crippen molar-refractivity contribution in [3.8, 4) is 5.75 Å². The number of hydrogen-bond donors (Lipinski definition) is 3. The normalized spacial score (nSPS) is 15.6. The number of para-hydroxylation sites is 1. The van der Waals surface area contributed by atoms with E-state index in [0.717, 1.165) is 0 Å². The van der Waals surface area contributed by atoms with E-state index in [1.807, 2.05) is 0 Å². The topological polar surface area (TPSA) is 133 Å². The van der Waals surface area contributed by atoms with Gasteiger partial charge in [-0.3, -0.25) is 30.0 Å². The number of nitrogens with one attached hydrogen (secondary N) is 3.